The summed E-state index contributed by atoms with van der Waals surface area (Å²) in [5.41, 5.74) is 9.17. The maximum Gasteiger partial charge on any atom is 0.269 e. The van der Waals surface area contributed by atoms with Gasteiger partial charge < -0.3 is 11.1 Å². The van der Waals surface area contributed by atoms with Crippen molar-refractivity contribution < 1.29 is 4.79 Å². The fourth-order valence-corrected chi connectivity index (χ4v) is 2.10. The molecule has 2 aromatic rings. The fourth-order valence-electron chi connectivity index (χ4n) is 1.51. The van der Waals surface area contributed by atoms with E-state index in [0.29, 0.717) is 18.8 Å². The lowest BCUT2D eigenvalue weighted by Gasteiger charge is -2.03. The van der Waals surface area contributed by atoms with Gasteiger partial charge in [0, 0.05) is 30.1 Å². The highest BCUT2D eigenvalue weighted by atomic mass is 32.1. The number of nitrogens with two attached hydrogens (primary N) is 1. The van der Waals surface area contributed by atoms with Gasteiger partial charge in [0.25, 0.3) is 5.91 Å². The molecule has 0 radical (unpaired) electrons. The van der Waals surface area contributed by atoms with Crippen molar-refractivity contribution >= 4 is 17.2 Å². The number of thiazole rings is 1. The summed E-state index contributed by atoms with van der Waals surface area (Å²) >= 11 is 1.54. The van der Waals surface area contributed by atoms with Gasteiger partial charge in [0.05, 0.1) is 17.7 Å². The van der Waals surface area contributed by atoms with Crippen molar-refractivity contribution in [2.24, 2.45) is 5.73 Å². The summed E-state index contributed by atoms with van der Waals surface area (Å²) in [5.74, 6) is 5.39. The molecule has 0 aliphatic rings. The Kier molecular flexibility index (Phi) is 5.24. The molecule has 0 spiro atoms. The molecular formula is C14H14N4OS. The van der Waals surface area contributed by atoms with Crippen molar-refractivity contribution in [3.8, 4) is 11.8 Å². The zero-order valence-electron chi connectivity index (χ0n) is 10.8. The van der Waals surface area contributed by atoms with E-state index in [0.717, 1.165) is 17.7 Å². The Hall–Kier alpha value is -2.23. The van der Waals surface area contributed by atoms with Crippen LogP contribution in [0.3, 0.4) is 0 Å². The Morgan fingerprint density at radius 1 is 1.40 bits per heavy atom. The lowest BCUT2D eigenvalue weighted by atomic mass is 10.2. The summed E-state index contributed by atoms with van der Waals surface area (Å²) in [7, 11) is 0. The average Bonchev–Trinajstić information content (AvgIpc) is 2.99. The largest absolute Gasteiger partial charge is 0.350 e. The molecule has 0 aromatic carbocycles. The van der Waals surface area contributed by atoms with E-state index in [1.54, 1.807) is 35.2 Å². The lowest BCUT2D eigenvalue weighted by Crippen LogP contribution is -2.26. The van der Waals surface area contributed by atoms with E-state index in [4.69, 9.17) is 5.73 Å². The number of pyridine rings is 1. The maximum atomic E-state index is 11.9. The minimum absolute atomic E-state index is 0.196. The van der Waals surface area contributed by atoms with E-state index in [-0.39, 0.29) is 5.91 Å². The Bertz CT molecular complexity index is 611. The SMILES string of the molecule is NCC#Cc1ccc(C(=O)NCCc2cscn2)nc1. The molecule has 5 nitrogen and oxygen atoms in total. The second-order valence-corrected chi connectivity index (χ2v) is 4.64. The molecule has 20 heavy (non-hydrogen) atoms. The first-order chi connectivity index (χ1) is 9.79. The first-order valence-corrected chi connectivity index (χ1v) is 7.04. The number of aromatic nitrogens is 2. The van der Waals surface area contributed by atoms with E-state index in [2.05, 4.69) is 27.1 Å². The van der Waals surface area contributed by atoms with Gasteiger partial charge >= 0.3 is 0 Å². The van der Waals surface area contributed by atoms with Crippen LogP contribution in [0.5, 0.6) is 0 Å². The molecule has 3 N–H and O–H groups in total. The average molecular weight is 286 g/mol. The van der Waals surface area contributed by atoms with Gasteiger partial charge in [-0.1, -0.05) is 11.8 Å². The number of carbonyl (C=O) groups is 1. The molecular weight excluding hydrogens is 272 g/mol. The highest BCUT2D eigenvalue weighted by molar-refractivity contribution is 7.07. The van der Waals surface area contributed by atoms with Crippen LogP contribution in [0, 0.1) is 11.8 Å². The molecule has 0 saturated heterocycles. The van der Waals surface area contributed by atoms with E-state index in [1.165, 1.54) is 0 Å². The van der Waals surface area contributed by atoms with E-state index in [9.17, 15) is 4.79 Å². The summed E-state index contributed by atoms with van der Waals surface area (Å²) in [6, 6.07) is 3.41. The number of amides is 1. The molecule has 6 heteroatoms. The fraction of sp³-hybridized carbons (Fsp3) is 0.214. The monoisotopic (exact) mass is 286 g/mol. The Balaban J connectivity index is 1.85. The van der Waals surface area contributed by atoms with Crippen molar-refractivity contribution in [3.05, 3.63) is 46.2 Å². The van der Waals surface area contributed by atoms with Crippen LogP contribution in [-0.4, -0.2) is 29.0 Å². The van der Waals surface area contributed by atoms with Crippen LogP contribution in [0.2, 0.25) is 0 Å². The highest BCUT2D eigenvalue weighted by Gasteiger charge is 2.06. The van der Waals surface area contributed by atoms with Gasteiger partial charge in [-0.3, -0.25) is 4.79 Å². The molecule has 0 aliphatic carbocycles. The van der Waals surface area contributed by atoms with Crippen molar-refractivity contribution in [1.82, 2.24) is 15.3 Å². The molecule has 0 atom stereocenters. The lowest BCUT2D eigenvalue weighted by molar-refractivity contribution is 0.0949. The molecule has 2 heterocycles. The van der Waals surface area contributed by atoms with E-state index in [1.807, 2.05) is 5.38 Å². The summed E-state index contributed by atoms with van der Waals surface area (Å²) in [6.07, 6.45) is 2.29. The number of rotatable bonds is 4. The summed E-state index contributed by atoms with van der Waals surface area (Å²) < 4.78 is 0. The molecule has 0 bridgehead atoms. The third kappa shape index (κ3) is 4.16. The van der Waals surface area contributed by atoms with Crippen LogP contribution >= 0.6 is 11.3 Å². The third-order valence-corrected chi connectivity index (χ3v) is 3.12. The molecule has 0 unspecified atom stereocenters. The minimum Gasteiger partial charge on any atom is -0.350 e. The van der Waals surface area contributed by atoms with E-state index >= 15 is 0 Å². The first kappa shape index (κ1) is 14.2. The number of nitrogens with zero attached hydrogens (tertiary/aromatic N) is 2. The summed E-state index contributed by atoms with van der Waals surface area (Å²) in [4.78, 5) is 20.1. The van der Waals surface area contributed by atoms with Crippen LogP contribution in [0.1, 0.15) is 21.7 Å². The molecule has 0 saturated carbocycles. The molecule has 1 amide bonds. The molecule has 0 fully saturated rings. The van der Waals surface area contributed by atoms with Crippen LogP contribution in [0.15, 0.2) is 29.2 Å². The van der Waals surface area contributed by atoms with Gasteiger partial charge in [-0.2, -0.15) is 0 Å². The predicted octanol–water partition coefficient (Wildman–Crippen LogP) is 0.821. The van der Waals surface area contributed by atoms with Crippen molar-refractivity contribution in [2.75, 3.05) is 13.1 Å². The summed E-state index contributed by atoms with van der Waals surface area (Å²) in [6.45, 7) is 0.845. The smallest absolute Gasteiger partial charge is 0.269 e. The highest BCUT2D eigenvalue weighted by Crippen LogP contribution is 2.02. The second kappa shape index (κ2) is 7.38. The van der Waals surface area contributed by atoms with E-state index < -0.39 is 0 Å². The minimum atomic E-state index is -0.196. The van der Waals surface area contributed by atoms with Gasteiger partial charge in [0.1, 0.15) is 5.69 Å². The summed E-state index contributed by atoms with van der Waals surface area (Å²) in [5, 5.41) is 4.77. The number of hydrogen-bond donors (Lipinski definition) is 2. The van der Waals surface area contributed by atoms with Gasteiger partial charge in [-0.25, -0.2) is 9.97 Å². The predicted molar refractivity (Wildman–Crippen MR) is 78.3 cm³/mol. The maximum absolute atomic E-state index is 11.9. The topological polar surface area (TPSA) is 80.9 Å². The van der Waals surface area contributed by atoms with Gasteiger partial charge in [0.2, 0.25) is 0 Å². The van der Waals surface area contributed by atoms with Crippen molar-refractivity contribution in [1.29, 1.82) is 0 Å². The zero-order chi connectivity index (χ0) is 14.2. The van der Waals surface area contributed by atoms with Gasteiger partial charge in [-0.15, -0.1) is 11.3 Å². The standard InChI is InChI=1S/C14H14N4OS/c15-6-1-2-11-3-4-13(17-8-11)14(19)16-7-5-12-9-20-10-18-12/h3-4,8-10H,5-7,15H2,(H,16,19). The molecule has 2 aromatic heterocycles. The Morgan fingerprint density at radius 3 is 2.95 bits per heavy atom. The Morgan fingerprint density at radius 2 is 2.30 bits per heavy atom. The van der Waals surface area contributed by atoms with Gasteiger partial charge in [0.15, 0.2) is 0 Å². The van der Waals surface area contributed by atoms with Crippen LogP contribution in [0.25, 0.3) is 0 Å². The third-order valence-electron chi connectivity index (χ3n) is 2.48. The molecule has 2 rings (SSSR count). The van der Waals surface area contributed by atoms with Crippen molar-refractivity contribution in [3.63, 3.8) is 0 Å². The zero-order valence-corrected chi connectivity index (χ0v) is 11.6. The van der Waals surface area contributed by atoms with Crippen molar-refractivity contribution in [2.45, 2.75) is 6.42 Å². The van der Waals surface area contributed by atoms with Gasteiger partial charge in [-0.05, 0) is 12.1 Å². The first-order valence-electron chi connectivity index (χ1n) is 6.10. The second-order valence-electron chi connectivity index (χ2n) is 3.92. The molecule has 0 aliphatic heterocycles. The van der Waals surface area contributed by atoms with Crippen LogP contribution < -0.4 is 11.1 Å². The van der Waals surface area contributed by atoms with Crippen LogP contribution in [0.4, 0.5) is 0 Å². The quantitative estimate of drug-likeness (QED) is 0.815. The molecule has 102 valence electrons. The number of nitrogens with one attached hydrogen (secondary N) is 1. The number of carbonyl (C=O) groups excluding carboxylic acids is 1. The Labute approximate surface area is 121 Å². The van der Waals surface area contributed by atoms with Crippen LogP contribution in [-0.2, 0) is 6.42 Å². The number of hydrogen-bond acceptors (Lipinski definition) is 5. The normalized spacial score (nSPS) is 9.65.